The fourth-order valence-corrected chi connectivity index (χ4v) is 5.70. The minimum Gasteiger partial charge on any atom is -0.393 e. The van der Waals surface area contributed by atoms with Gasteiger partial charge < -0.3 is 9.26 Å². The Morgan fingerprint density at radius 2 is 1.84 bits per heavy atom. The molecule has 2 saturated carbocycles. The van der Waals surface area contributed by atoms with Gasteiger partial charge in [-0.2, -0.15) is 13.2 Å². The maximum absolute atomic E-state index is 13.4. The zero-order chi connectivity index (χ0) is 18.7. The lowest BCUT2D eigenvalue weighted by atomic mass is 9.65. The third-order valence-electron chi connectivity index (χ3n) is 6.94. The Balaban J connectivity index is 1.83. The highest BCUT2D eigenvalue weighted by molar-refractivity contribution is 7.09. The summed E-state index contributed by atoms with van der Waals surface area (Å²) in [7, 11) is 1.74. The first-order valence-corrected chi connectivity index (χ1v) is 9.17. The number of carbonyl (C=O) groups excluding carboxylic acids is 2. The van der Waals surface area contributed by atoms with E-state index >= 15 is 0 Å². The van der Waals surface area contributed by atoms with Gasteiger partial charge in [-0.1, -0.05) is 13.8 Å². The largest absolute Gasteiger partial charge is 0.417 e. The molecule has 1 heterocycles. The second-order valence-corrected chi connectivity index (χ2v) is 8.43. The lowest BCUT2D eigenvalue weighted by molar-refractivity contribution is -0.245. The molecule has 0 aromatic carbocycles. The van der Waals surface area contributed by atoms with E-state index in [9.17, 15) is 22.8 Å². The molecule has 0 N–H and O–H groups in total. The molecule has 2 aliphatic carbocycles. The molecule has 0 aromatic heterocycles. The molecule has 3 aliphatic rings. The van der Waals surface area contributed by atoms with E-state index in [1.165, 1.54) is 0 Å². The van der Waals surface area contributed by atoms with Crippen molar-refractivity contribution in [2.45, 2.75) is 51.8 Å². The van der Waals surface area contributed by atoms with Crippen LogP contribution in [0.15, 0.2) is 0 Å². The van der Waals surface area contributed by atoms with Gasteiger partial charge in [0.1, 0.15) is 0 Å². The van der Waals surface area contributed by atoms with E-state index < -0.39 is 35.6 Å². The number of cyclic esters (lactones) is 2. The van der Waals surface area contributed by atoms with Crippen LogP contribution in [0.3, 0.4) is 0 Å². The van der Waals surface area contributed by atoms with Gasteiger partial charge in [0.2, 0.25) is 0 Å². The molecule has 1 saturated heterocycles. The van der Waals surface area contributed by atoms with Crippen LogP contribution in [0.2, 0.25) is 0 Å². The Kier molecular flexibility index (Phi) is 4.73. The number of fused-ring (bicyclic) bond motifs is 2. The SMILES string of the molecule is CC1C(=O)OC(=O)C1C1C(C)C2CC(CC(C)(OP)C(F)(F)F)C1C2. The molecule has 9 unspecified atom stereocenters. The van der Waals surface area contributed by atoms with Crippen LogP contribution in [0, 0.1) is 41.4 Å². The Morgan fingerprint density at radius 3 is 2.28 bits per heavy atom. The van der Waals surface area contributed by atoms with Gasteiger partial charge in [0, 0.05) is 9.47 Å². The summed E-state index contributed by atoms with van der Waals surface area (Å²) >= 11 is 0. The van der Waals surface area contributed by atoms with Crippen LogP contribution in [-0.2, 0) is 18.8 Å². The quantitative estimate of drug-likeness (QED) is 0.424. The molecule has 8 heteroatoms. The minimum absolute atomic E-state index is 0.00674. The summed E-state index contributed by atoms with van der Waals surface area (Å²) in [6.45, 7) is 4.79. The lowest BCUT2D eigenvalue weighted by Gasteiger charge is -2.41. The van der Waals surface area contributed by atoms with Gasteiger partial charge >= 0.3 is 18.1 Å². The first-order valence-electron chi connectivity index (χ1n) is 8.70. The molecular weight excluding hydrogens is 356 g/mol. The average molecular weight is 380 g/mol. The summed E-state index contributed by atoms with van der Waals surface area (Å²) in [5, 5.41) is 0. The maximum atomic E-state index is 13.4. The summed E-state index contributed by atoms with van der Waals surface area (Å²) in [5.41, 5.74) is -2.22. The Labute approximate surface area is 147 Å². The van der Waals surface area contributed by atoms with Crippen molar-refractivity contribution in [2.24, 2.45) is 41.4 Å². The second-order valence-electron chi connectivity index (χ2n) is 8.20. The van der Waals surface area contributed by atoms with Gasteiger partial charge in [-0.15, -0.1) is 0 Å². The highest BCUT2D eigenvalue weighted by Gasteiger charge is 2.61. The zero-order valence-electron chi connectivity index (χ0n) is 14.5. The third kappa shape index (κ3) is 2.91. The fourth-order valence-electron chi connectivity index (χ4n) is 5.47. The molecule has 0 spiro atoms. The third-order valence-corrected chi connectivity index (χ3v) is 7.46. The Morgan fingerprint density at radius 1 is 1.20 bits per heavy atom. The van der Waals surface area contributed by atoms with Crippen molar-refractivity contribution >= 4 is 21.4 Å². The summed E-state index contributed by atoms with van der Waals surface area (Å²) in [4.78, 5) is 23.9. The van der Waals surface area contributed by atoms with E-state index in [0.29, 0.717) is 6.42 Å². The van der Waals surface area contributed by atoms with Crippen LogP contribution < -0.4 is 0 Å². The maximum Gasteiger partial charge on any atom is 0.417 e. The van der Waals surface area contributed by atoms with Gasteiger partial charge in [0.25, 0.3) is 0 Å². The van der Waals surface area contributed by atoms with Crippen molar-refractivity contribution < 1.29 is 32.0 Å². The molecular formula is C17H24F3O4P. The number of ether oxygens (including phenoxy) is 1. The highest BCUT2D eigenvalue weighted by Crippen LogP contribution is 2.61. The summed E-state index contributed by atoms with van der Waals surface area (Å²) in [6.07, 6.45) is -3.07. The molecule has 0 amide bonds. The standard InChI is InChI=1S/C17H24F3O4P/c1-7-9-4-10(6-16(3,24-25)17(18,19)20)11(5-9)12(7)13-8(2)14(21)23-15(13)22/h7-13H,4-6,25H2,1-3H3. The minimum atomic E-state index is -4.47. The molecule has 3 fully saturated rings. The second kappa shape index (κ2) is 6.19. The fraction of sp³-hybridized carbons (Fsp3) is 0.882. The van der Waals surface area contributed by atoms with Crippen LogP contribution in [-0.4, -0.2) is 23.7 Å². The van der Waals surface area contributed by atoms with Crippen molar-refractivity contribution in [1.82, 2.24) is 0 Å². The van der Waals surface area contributed by atoms with Crippen molar-refractivity contribution in [3.05, 3.63) is 0 Å². The van der Waals surface area contributed by atoms with Crippen molar-refractivity contribution in [2.75, 3.05) is 0 Å². The number of esters is 2. The first-order chi connectivity index (χ1) is 11.5. The van der Waals surface area contributed by atoms with Gasteiger partial charge in [-0.25, -0.2) is 0 Å². The number of halogens is 3. The zero-order valence-corrected chi connectivity index (χ0v) is 15.7. The predicted octanol–water partition coefficient (Wildman–Crippen LogP) is 3.75. The van der Waals surface area contributed by atoms with Gasteiger partial charge in [-0.05, 0) is 55.8 Å². The van der Waals surface area contributed by atoms with Crippen LogP contribution in [0.5, 0.6) is 0 Å². The molecule has 9 atom stereocenters. The Bertz CT molecular complexity index is 581. The van der Waals surface area contributed by atoms with E-state index in [-0.39, 0.29) is 36.0 Å². The first kappa shape index (κ1) is 19.1. The summed E-state index contributed by atoms with van der Waals surface area (Å²) in [5.74, 6) is -1.86. The summed E-state index contributed by atoms with van der Waals surface area (Å²) < 4.78 is 49.7. The average Bonchev–Trinajstić information content (AvgIpc) is 3.12. The van der Waals surface area contributed by atoms with Crippen LogP contribution in [0.4, 0.5) is 13.2 Å². The molecule has 142 valence electrons. The van der Waals surface area contributed by atoms with E-state index in [2.05, 4.69) is 0 Å². The van der Waals surface area contributed by atoms with Crippen molar-refractivity contribution in [3.8, 4) is 0 Å². The van der Waals surface area contributed by atoms with Crippen LogP contribution in [0.1, 0.15) is 40.0 Å². The smallest absolute Gasteiger partial charge is 0.393 e. The van der Waals surface area contributed by atoms with E-state index in [4.69, 9.17) is 9.26 Å². The van der Waals surface area contributed by atoms with Gasteiger partial charge in [0.15, 0.2) is 5.60 Å². The molecule has 25 heavy (non-hydrogen) atoms. The topological polar surface area (TPSA) is 52.6 Å². The number of hydrogen-bond donors (Lipinski definition) is 0. The molecule has 0 aromatic rings. The monoisotopic (exact) mass is 380 g/mol. The Hall–Kier alpha value is -0.680. The van der Waals surface area contributed by atoms with Crippen LogP contribution >= 0.6 is 9.47 Å². The van der Waals surface area contributed by atoms with Crippen molar-refractivity contribution in [3.63, 3.8) is 0 Å². The van der Waals surface area contributed by atoms with Gasteiger partial charge in [-0.3, -0.25) is 9.59 Å². The van der Waals surface area contributed by atoms with E-state index in [1.54, 1.807) is 16.4 Å². The normalized spacial score (nSPS) is 43.4. The van der Waals surface area contributed by atoms with Crippen LogP contribution in [0.25, 0.3) is 0 Å². The van der Waals surface area contributed by atoms with Crippen molar-refractivity contribution in [1.29, 1.82) is 0 Å². The lowest BCUT2D eigenvalue weighted by Crippen LogP contribution is -2.46. The molecule has 4 nitrogen and oxygen atoms in total. The van der Waals surface area contributed by atoms with Gasteiger partial charge in [0.05, 0.1) is 11.8 Å². The molecule has 0 radical (unpaired) electrons. The number of rotatable bonds is 4. The summed E-state index contributed by atoms with van der Waals surface area (Å²) in [6, 6.07) is 0. The number of alkyl halides is 3. The predicted molar refractivity (Wildman–Crippen MR) is 86.0 cm³/mol. The molecule has 2 bridgehead atoms. The number of hydrogen-bond acceptors (Lipinski definition) is 4. The van der Waals surface area contributed by atoms with E-state index in [0.717, 1.165) is 13.3 Å². The number of carbonyl (C=O) groups is 2. The highest BCUT2D eigenvalue weighted by atomic mass is 31.0. The molecule has 1 aliphatic heterocycles. The van der Waals surface area contributed by atoms with E-state index in [1.807, 2.05) is 6.92 Å². The molecule has 3 rings (SSSR count).